The van der Waals surface area contributed by atoms with Gasteiger partial charge in [0, 0.05) is 20.0 Å². The number of carboxylic acid groups (broad SMARTS) is 1. The topological polar surface area (TPSA) is 89.3 Å². The van der Waals surface area contributed by atoms with Crippen molar-refractivity contribution in [3.8, 4) is 5.75 Å². The van der Waals surface area contributed by atoms with Gasteiger partial charge in [0.15, 0.2) is 0 Å². The van der Waals surface area contributed by atoms with Gasteiger partial charge in [-0.2, -0.15) is 5.10 Å². The number of aromatic nitrogens is 3. The Bertz CT molecular complexity index is 654. The van der Waals surface area contributed by atoms with Crippen LogP contribution in [0.15, 0.2) is 30.6 Å². The molecule has 0 aliphatic rings. The Balaban J connectivity index is 1.99. The van der Waals surface area contributed by atoms with Crippen molar-refractivity contribution in [3.63, 3.8) is 0 Å². The van der Waals surface area contributed by atoms with Crippen LogP contribution >= 0.6 is 0 Å². The first-order valence-electron chi connectivity index (χ1n) is 7.50. The van der Waals surface area contributed by atoms with Crippen molar-refractivity contribution in [3.05, 3.63) is 42.0 Å². The van der Waals surface area contributed by atoms with Gasteiger partial charge in [0.1, 0.15) is 23.9 Å². The molecule has 1 heterocycles. The summed E-state index contributed by atoms with van der Waals surface area (Å²) in [5.41, 5.74) is 0.965. The number of carboxylic acids is 1. The Hall–Kier alpha value is -2.41. The van der Waals surface area contributed by atoms with Gasteiger partial charge >= 0.3 is 5.97 Å². The van der Waals surface area contributed by atoms with Crippen LogP contribution in [-0.4, -0.2) is 38.0 Å². The van der Waals surface area contributed by atoms with E-state index < -0.39 is 12.0 Å². The van der Waals surface area contributed by atoms with Crippen LogP contribution in [0.25, 0.3) is 0 Å². The number of ether oxygens (including phenoxy) is 1. The number of rotatable bonds is 8. The molecule has 0 spiro atoms. The highest BCUT2D eigenvalue weighted by Gasteiger charge is 2.19. The molecule has 0 aliphatic heterocycles. The highest BCUT2D eigenvalue weighted by Crippen LogP contribution is 2.15. The van der Waals surface area contributed by atoms with Gasteiger partial charge in [0.05, 0.1) is 6.10 Å². The number of nitrogens with one attached hydrogen (secondary N) is 1. The number of aliphatic carboxylic acids is 1. The molecule has 0 bridgehead atoms. The van der Waals surface area contributed by atoms with Crippen LogP contribution in [0, 0.1) is 0 Å². The van der Waals surface area contributed by atoms with Crippen molar-refractivity contribution in [2.24, 2.45) is 7.05 Å². The second-order valence-electron chi connectivity index (χ2n) is 5.59. The van der Waals surface area contributed by atoms with Crippen LogP contribution < -0.4 is 10.1 Å². The van der Waals surface area contributed by atoms with E-state index >= 15 is 0 Å². The summed E-state index contributed by atoms with van der Waals surface area (Å²) < 4.78 is 7.22. The predicted octanol–water partition coefficient (Wildman–Crippen LogP) is 1.39. The van der Waals surface area contributed by atoms with Crippen molar-refractivity contribution in [2.75, 3.05) is 0 Å². The van der Waals surface area contributed by atoms with Crippen molar-refractivity contribution in [2.45, 2.75) is 39.0 Å². The molecule has 0 amide bonds. The molecule has 7 nitrogen and oxygen atoms in total. The molecule has 2 N–H and O–H groups in total. The van der Waals surface area contributed by atoms with Gasteiger partial charge in [-0.3, -0.25) is 14.8 Å². The van der Waals surface area contributed by atoms with Crippen LogP contribution in [0.1, 0.15) is 25.2 Å². The zero-order chi connectivity index (χ0) is 16.8. The molecule has 7 heteroatoms. The maximum atomic E-state index is 11.4. The van der Waals surface area contributed by atoms with E-state index in [4.69, 9.17) is 4.74 Å². The predicted molar refractivity (Wildman–Crippen MR) is 85.2 cm³/mol. The van der Waals surface area contributed by atoms with E-state index in [1.54, 1.807) is 11.7 Å². The third kappa shape index (κ3) is 5.07. The van der Waals surface area contributed by atoms with E-state index in [-0.39, 0.29) is 12.5 Å². The molecule has 1 aromatic carbocycles. The first-order chi connectivity index (χ1) is 11.0. The van der Waals surface area contributed by atoms with Gasteiger partial charge in [0.2, 0.25) is 0 Å². The van der Waals surface area contributed by atoms with Crippen molar-refractivity contribution in [1.29, 1.82) is 0 Å². The van der Waals surface area contributed by atoms with Crippen LogP contribution in [0.4, 0.5) is 0 Å². The summed E-state index contributed by atoms with van der Waals surface area (Å²) in [5, 5.41) is 16.4. The van der Waals surface area contributed by atoms with Crippen LogP contribution in [0.5, 0.6) is 5.75 Å². The summed E-state index contributed by atoms with van der Waals surface area (Å²) >= 11 is 0. The fraction of sp³-hybridized carbons (Fsp3) is 0.438. The van der Waals surface area contributed by atoms with Crippen LogP contribution in [-0.2, 0) is 24.8 Å². The normalized spacial score (nSPS) is 12.3. The van der Waals surface area contributed by atoms with E-state index in [9.17, 15) is 9.90 Å². The number of hydrogen-bond acceptors (Lipinski definition) is 5. The first-order valence-corrected chi connectivity index (χ1v) is 7.50. The Morgan fingerprint density at radius 3 is 2.83 bits per heavy atom. The minimum absolute atomic E-state index is 0.0980. The van der Waals surface area contributed by atoms with Crippen molar-refractivity contribution < 1.29 is 14.6 Å². The van der Waals surface area contributed by atoms with E-state index in [1.807, 2.05) is 38.1 Å². The second-order valence-corrected chi connectivity index (χ2v) is 5.59. The monoisotopic (exact) mass is 318 g/mol. The molecule has 0 saturated heterocycles. The molecule has 1 aromatic heterocycles. The lowest BCUT2D eigenvalue weighted by molar-refractivity contribution is -0.139. The molecule has 2 rings (SSSR count). The number of benzene rings is 1. The Morgan fingerprint density at radius 1 is 1.43 bits per heavy atom. The van der Waals surface area contributed by atoms with Gasteiger partial charge in [0.25, 0.3) is 0 Å². The highest BCUT2D eigenvalue weighted by molar-refractivity contribution is 5.73. The molecule has 1 atom stereocenters. The zero-order valence-electron chi connectivity index (χ0n) is 13.6. The van der Waals surface area contributed by atoms with Crippen molar-refractivity contribution >= 4 is 5.97 Å². The molecule has 23 heavy (non-hydrogen) atoms. The molecule has 0 radical (unpaired) electrons. The van der Waals surface area contributed by atoms with Gasteiger partial charge in [-0.05, 0) is 31.5 Å². The highest BCUT2D eigenvalue weighted by atomic mass is 16.5. The number of hydrogen-bond donors (Lipinski definition) is 2. The summed E-state index contributed by atoms with van der Waals surface area (Å²) in [7, 11) is 1.74. The average molecular weight is 318 g/mol. The number of aryl methyl sites for hydroxylation is 1. The van der Waals surface area contributed by atoms with Gasteiger partial charge in [-0.15, -0.1) is 0 Å². The summed E-state index contributed by atoms with van der Waals surface area (Å²) in [6.45, 7) is 4.36. The molecule has 124 valence electrons. The third-order valence-electron chi connectivity index (χ3n) is 3.31. The SMILES string of the molecule is CC(C)Oc1cccc(CNC(Cc2ncnn2C)C(=O)O)c1. The zero-order valence-corrected chi connectivity index (χ0v) is 13.6. The Kier molecular flexibility index (Phi) is 5.70. The molecule has 1 unspecified atom stereocenters. The summed E-state index contributed by atoms with van der Waals surface area (Å²) in [5.74, 6) is 0.490. The van der Waals surface area contributed by atoms with Gasteiger partial charge in [-0.25, -0.2) is 4.98 Å². The van der Waals surface area contributed by atoms with E-state index in [0.29, 0.717) is 12.4 Å². The largest absolute Gasteiger partial charge is 0.491 e. The van der Waals surface area contributed by atoms with E-state index in [2.05, 4.69) is 15.4 Å². The summed E-state index contributed by atoms with van der Waals surface area (Å²) in [4.78, 5) is 15.5. The quantitative estimate of drug-likeness (QED) is 0.764. The van der Waals surface area contributed by atoms with Crippen LogP contribution in [0.3, 0.4) is 0 Å². The minimum Gasteiger partial charge on any atom is -0.491 e. The third-order valence-corrected chi connectivity index (χ3v) is 3.31. The summed E-state index contributed by atoms with van der Waals surface area (Å²) in [6.07, 6.45) is 1.79. The standard InChI is InChI=1S/C16H22N4O3/c1-11(2)23-13-6-4-5-12(7-13)9-17-14(16(21)22)8-15-18-10-19-20(15)3/h4-7,10-11,14,17H,8-9H2,1-3H3,(H,21,22). The van der Waals surface area contributed by atoms with Gasteiger partial charge in [-0.1, -0.05) is 12.1 Å². The van der Waals surface area contributed by atoms with E-state index in [1.165, 1.54) is 6.33 Å². The fourth-order valence-corrected chi connectivity index (χ4v) is 2.18. The van der Waals surface area contributed by atoms with E-state index in [0.717, 1.165) is 11.3 Å². The molecular weight excluding hydrogens is 296 g/mol. The number of nitrogens with zero attached hydrogens (tertiary/aromatic N) is 3. The van der Waals surface area contributed by atoms with Crippen LogP contribution in [0.2, 0.25) is 0 Å². The lowest BCUT2D eigenvalue weighted by atomic mass is 10.1. The van der Waals surface area contributed by atoms with Crippen molar-refractivity contribution in [1.82, 2.24) is 20.1 Å². The lowest BCUT2D eigenvalue weighted by Crippen LogP contribution is -2.38. The first kappa shape index (κ1) is 17.0. The average Bonchev–Trinajstić information content (AvgIpc) is 2.88. The Labute approximate surface area is 135 Å². The Morgan fingerprint density at radius 2 is 2.22 bits per heavy atom. The smallest absolute Gasteiger partial charge is 0.321 e. The molecular formula is C16H22N4O3. The maximum Gasteiger partial charge on any atom is 0.321 e. The molecule has 0 fully saturated rings. The maximum absolute atomic E-state index is 11.4. The minimum atomic E-state index is -0.914. The number of carbonyl (C=O) groups is 1. The molecule has 0 aliphatic carbocycles. The summed E-state index contributed by atoms with van der Waals surface area (Å²) in [6, 6.07) is 6.90. The second kappa shape index (κ2) is 7.73. The fourth-order valence-electron chi connectivity index (χ4n) is 2.18. The lowest BCUT2D eigenvalue weighted by Gasteiger charge is -2.15. The molecule has 0 saturated carbocycles. The van der Waals surface area contributed by atoms with Gasteiger partial charge < -0.3 is 9.84 Å². The molecule has 2 aromatic rings.